The van der Waals surface area contributed by atoms with Gasteiger partial charge in [-0.15, -0.1) is 6.58 Å². The number of carbonyl (C=O) groups excluding carboxylic acids is 2. The highest BCUT2D eigenvalue weighted by atomic mass is 32.1. The van der Waals surface area contributed by atoms with Crippen LogP contribution in [-0.2, 0) is 11.3 Å². The van der Waals surface area contributed by atoms with Crippen molar-refractivity contribution in [2.75, 3.05) is 13.2 Å². The summed E-state index contributed by atoms with van der Waals surface area (Å²) in [6.45, 7) is 9.09. The Labute approximate surface area is 185 Å². The molecule has 0 aliphatic heterocycles. The second kappa shape index (κ2) is 10.7. The number of unbranched alkanes of at least 4 members (excludes halogenated alkanes) is 1. The molecule has 1 amide bonds. The van der Waals surface area contributed by atoms with E-state index in [0.29, 0.717) is 41.4 Å². The Morgan fingerprint density at radius 1 is 1.16 bits per heavy atom. The van der Waals surface area contributed by atoms with Gasteiger partial charge in [-0.3, -0.25) is 4.79 Å². The van der Waals surface area contributed by atoms with E-state index in [1.807, 2.05) is 16.7 Å². The molecule has 2 aromatic carbocycles. The van der Waals surface area contributed by atoms with Crippen LogP contribution in [0.5, 0.6) is 5.75 Å². The molecule has 0 radical (unpaired) electrons. The summed E-state index contributed by atoms with van der Waals surface area (Å²) in [5.41, 5.74) is 1.81. The second-order valence-corrected chi connectivity index (χ2v) is 7.84. The summed E-state index contributed by atoms with van der Waals surface area (Å²) < 4.78 is 13.5. The van der Waals surface area contributed by atoms with Crippen molar-refractivity contribution in [2.24, 2.45) is 4.99 Å². The molecule has 31 heavy (non-hydrogen) atoms. The van der Waals surface area contributed by atoms with E-state index in [1.165, 1.54) is 11.3 Å². The Hall–Kier alpha value is -3.19. The number of amides is 1. The minimum atomic E-state index is -0.373. The molecule has 0 bridgehead atoms. The number of ether oxygens (including phenoxy) is 2. The smallest absolute Gasteiger partial charge is 0.338 e. The summed E-state index contributed by atoms with van der Waals surface area (Å²) >= 11 is 1.35. The summed E-state index contributed by atoms with van der Waals surface area (Å²) in [5.74, 6) is -0.0673. The first-order valence-corrected chi connectivity index (χ1v) is 11.1. The van der Waals surface area contributed by atoms with Crippen LogP contribution in [0.3, 0.4) is 0 Å². The topological polar surface area (TPSA) is 69.9 Å². The molecule has 0 saturated carbocycles. The molecule has 0 unspecified atom stereocenters. The predicted octanol–water partition coefficient (Wildman–Crippen LogP) is 4.99. The van der Waals surface area contributed by atoms with Crippen molar-refractivity contribution in [3.05, 3.63) is 71.0 Å². The van der Waals surface area contributed by atoms with Crippen LogP contribution in [0.4, 0.5) is 0 Å². The number of fused-ring (bicyclic) bond motifs is 1. The van der Waals surface area contributed by atoms with E-state index < -0.39 is 0 Å². The molecule has 0 aliphatic carbocycles. The van der Waals surface area contributed by atoms with Crippen molar-refractivity contribution in [3.63, 3.8) is 0 Å². The van der Waals surface area contributed by atoms with E-state index in [4.69, 9.17) is 9.47 Å². The van der Waals surface area contributed by atoms with Gasteiger partial charge in [0.15, 0.2) is 4.80 Å². The Kier molecular flexibility index (Phi) is 7.78. The molecule has 0 spiro atoms. The van der Waals surface area contributed by atoms with Gasteiger partial charge in [-0.25, -0.2) is 4.79 Å². The molecular formula is C24H26N2O4S. The zero-order chi connectivity index (χ0) is 22.2. The molecule has 3 aromatic rings. The van der Waals surface area contributed by atoms with E-state index >= 15 is 0 Å². The number of thiazole rings is 1. The van der Waals surface area contributed by atoms with Gasteiger partial charge in [0.2, 0.25) is 0 Å². The third-order valence-corrected chi connectivity index (χ3v) is 5.59. The van der Waals surface area contributed by atoms with Gasteiger partial charge >= 0.3 is 5.97 Å². The van der Waals surface area contributed by atoms with Crippen LogP contribution in [0, 0.1) is 0 Å². The number of allylic oxidation sites excluding steroid dienone is 1. The number of nitrogens with zero attached hydrogens (tertiary/aromatic N) is 2. The number of rotatable bonds is 9. The van der Waals surface area contributed by atoms with Gasteiger partial charge in [0.25, 0.3) is 5.91 Å². The van der Waals surface area contributed by atoms with E-state index in [0.717, 1.165) is 23.1 Å². The fraction of sp³-hybridized carbons (Fsp3) is 0.292. The molecule has 0 fully saturated rings. The predicted molar refractivity (Wildman–Crippen MR) is 123 cm³/mol. The minimum Gasteiger partial charge on any atom is -0.494 e. The molecule has 0 atom stereocenters. The van der Waals surface area contributed by atoms with Gasteiger partial charge in [-0.1, -0.05) is 36.8 Å². The van der Waals surface area contributed by atoms with Gasteiger partial charge in [-0.2, -0.15) is 4.99 Å². The van der Waals surface area contributed by atoms with Crippen LogP contribution in [0.1, 0.15) is 47.4 Å². The SMILES string of the molecule is C=CCn1c(=NC(=O)c2cccc(OCCCC)c2)sc2cc(C(=O)OCC)ccc21. The number of benzene rings is 2. The average Bonchev–Trinajstić information content (AvgIpc) is 3.11. The van der Waals surface area contributed by atoms with Crippen molar-refractivity contribution in [1.29, 1.82) is 0 Å². The molecule has 6 nitrogen and oxygen atoms in total. The van der Waals surface area contributed by atoms with Gasteiger partial charge in [0.1, 0.15) is 5.75 Å². The third kappa shape index (κ3) is 5.49. The highest BCUT2D eigenvalue weighted by Crippen LogP contribution is 2.21. The Morgan fingerprint density at radius 2 is 2.00 bits per heavy atom. The van der Waals surface area contributed by atoms with Crippen LogP contribution in [0.25, 0.3) is 10.2 Å². The quantitative estimate of drug-likeness (QED) is 0.268. The van der Waals surface area contributed by atoms with Crippen LogP contribution in [-0.4, -0.2) is 29.7 Å². The minimum absolute atomic E-state index is 0.314. The first kappa shape index (κ1) is 22.5. The van der Waals surface area contributed by atoms with Gasteiger partial charge in [0.05, 0.1) is 29.0 Å². The van der Waals surface area contributed by atoms with Crippen LogP contribution >= 0.6 is 11.3 Å². The van der Waals surface area contributed by atoms with Crippen molar-refractivity contribution >= 4 is 33.4 Å². The van der Waals surface area contributed by atoms with Crippen LogP contribution in [0.15, 0.2) is 60.1 Å². The number of hydrogen-bond acceptors (Lipinski definition) is 5. The molecule has 1 heterocycles. The van der Waals surface area contributed by atoms with E-state index in [9.17, 15) is 9.59 Å². The maximum atomic E-state index is 12.9. The lowest BCUT2D eigenvalue weighted by molar-refractivity contribution is 0.0526. The average molecular weight is 439 g/mol. The van der Waals surface area contributed by atoms with Crippen molar-refractivity contribution in [1.82, 2.24) is 4.57 Å². The summed E-state index contributed by atoms with van der Waals surface area (Å²) in [5, 5.41) is 0. The highest BCUT2D eigenvalue weighted by molar-refractivity contribution is 7.16. The molecule has 1 aromatic heterocycles. The summed E-state index contributed by atoms with van der Waals surface area (Å²) in [7, 11) is 0. The fourth-order valence-electron chi connectivity index (χ4n) is 3.01. The van der Waals surface area contributed by atoms with Crippen LogP contribution in [0.2, 0.25) is 0 Å². The first-order chi connectivity index (χ1) is 15.1. The van der Waals surface area contributed by atoms with Gasteiger partial charge in [-0.05, 0) is 49.7 Å². The maximum Gasteiger partial charge on any atom is 0.338 e. The van der Waals surface area contributed by atoms with Crippen LogP contribution < -0.4 is 9.54 Å². The summed E-state index contributed by atoms with van der Waals surface area (Å²) in [4.78, 5) is 29.8. The Bertz CT molecular complexity index is 1160. The highest BCUT2D eigenvalue weighted by Gasteiger charge is 2.13. The van der Waals surface area contributed by atoms with E-state index in [1.54, 1.807) is 43.3 Å². The second-order valence-electron chi connectivity index (χ2n) is 6.83. The zero-order valence-electron chi connectivity index (χ0n) is 17.8. The lowest BCUT2D eigenvalue weighted by atomic mass is 10.2. The molecule has 0 saturated heterocycles. The standard InChI is InChI=1S/C24H26N2O4S/c1-4-7-14-30-19-10-8-9-17(15-19)22(27)25-24-26(13-5-2)20-12-11-18(16-21(20)31-24)23(28)29-6-3/h5,8-12,15-16H,2,4,6-7,13-14H2,1,3H3. The molecule has 0 aliphatic rings. The number of esters is 1. The maximum absolute atomic E-state index is 12.9. The van der Waals surface area contributed by atoms with Crippen molar-refractivity contribution in [2.45, 2.75) is 33.2 Å². The fourth-order valence-corrected chi connectivity index (χ4v) is 4.09. The van der Waals surface area contributed by atoms with E-state index in [2.05, 4.69) is 18.5 Å². The lowest BCUT2D eigenvalue weighted by Crippen LogP contribution is -2.16. The van der Waals surface area contributed by atoms with Gasteiger partial charge < -0.3 is 14.0 Å². The number of hydrogen-bond donors (Lipinski definition) is 0. The largest absolute Gasteiger partial charge is 0.494 e. The Morgan fingerprint density at radius 3 is 2.74 bits per heavy atom. The molecule has 3 rings (SSSR count). The number of aromatic nitrogens is 1. The normalized spacial score (nSPS) is 11.5. The Balaban J connectivity index is 1.97. The third-order valence-electron chi connectivity index (χ3n) is 4.55. The number of carbonyl (C=O) groups is 2. The first-order valence-electron chi connectivity index (χ1n) is 10.3. The molecule has 162 valence electrons. The van der Waals surface area contributed by atoms with Gasteiger partial charge in [0, 0.05) is 12.1 Å². The molecule has 7 heteroatoms. The van der Waals surface area contributed by atoms with Crippen molar-refractivity contribution in [3.8, 4) is 5.75 Å². The zero-order valence-corrected chi connectivity index (χ0v) is 18.6. The van der Waals surface area contributed by atoms with E-state index in [-0.39, 0.29) is 11.9 Å². The molecule has 0 N–H and O–H groups in total. The summed E-state index contributed by atoms with van der Waals surface area (Å²) in [6, 6.07) is 12.4. The monoisotopic (exact) mass is 438 g/mol. The lowest BCUT2D eigenvalue weighted by Gasteiger charge is -2.06. The van der Waals surface area contributed by atoms with Crippen molar-refractivity contribution < 1.29 is 19.1 Å². The summed E-state index contributed by atoms with van der Waals surface area (Å²) in [6.07, 6.45) is 3.75. The molecular weight excluding hydrogens is 412 g/mol.